The van der Waals surface area contributed by atoms with Crippen molar-refractivity contribution in [1.29, 1.82) is 5.26 Å². The number of rotatable bonds is 5. The summed E-state index contributed by atoms with van der Waals surface area (Å²) >= 11 is 0. The molecule has 1 aromatic carbocycles. The molecule has 0 aromatic heterocycles. The van der Waals surface area contributed by atoms with E-state index in [1.165, 1.54) is 6.07 Å². The lowest BCUT2D eigenvalue weighted by Gasteiger charge is -2.31. The van der Waals surface area contributed by atoms with E-state index in [-0.39, 0.29) is 10.7 Å². The minimum absolute atomic E-state index is 0.0580. The third-order valence-electron chi connectivity index (χ3n) is 4.69. The summed E-state index contributed by atoms with van der Waals surface area (Å²) < 4.78 is 31.1. The van der Waals surface area contributed by atoms with Crippen LogP contribution in [0.15, 0.2) is 34.2 Å². The van der Waals surface area contributed by atoms with Crippen LogP contribution >= 0.6 is 0 Å². The van der Waals surface area contributed by atoms with E-state index in [1.54, 1.807) is 18.2 Å². The maximum absolute atomic E-state index is 12.0. The molecule has 10 heteroatoms. The number of benzene rings is 1. The number of ether oxygens (including phenoxy) is 1. The van der Waals surface area contributed by atoms with E-state index in [0.717, 1.165) is 19.3 Å². The van der Waals surface area contributed by atoms with Gasteiger partial charge < -0.3 is 10.1 Å². The monoisotopic (exact) mass is 404 g/mol. The van der Waals surface area contributed by atoms with Crippen LogP contribution in [0.25, 0.3) is 0 Å². The van der Waals surface area contributed by atoms with Crippen molar-refractivity contribution in [2.45, 2.75) is 42.5 Å². The van der Waals surface area contributed by atoms with Gasteiger partial charge in [-0.3, -0.25) is 19.3 Å². The highest BCUT2D eigenvalue weighted by molar-refractivity contribution is 7.90. The minimum Gasteiger partial charge on any atom is -0.454 e. The van der Waals surface area contributed by atoms with Crippen LogP contribution in [0.5, 0.6) is 0 Å². The summed E-state index contributed by atoms with van der Waals surface area (Å²) in [6.45, 7) is -0.960. The smallest absolute Gasteiger partial charge is 0.328 e. The maximum Gasteiger partial charge on any atom is 0.328 e. The van der Waals surface area contributed by atoms with Gasteiger partial charge in [0, 0.05) is 5.56 Å². The van der Waals surface area contributed by atoms with Gasteiger partial charge >= 0.3 is 5.97 Å². The Morgan fingerprint density at radius 2 is 1.96 bits per heavy atom. The van der Waals surface area contributed by atoms with Crippen molar-refractivity contribution in [2.24, 2.45) is 4.99 Å². The van der Waals surface area contributed by atoms with Crippen molar-refractivity contribution in [1.82, 2.24) is 10.0 Å². The zero-order valence-electron chi connectivity index (χ0n) is 15.1. The van der Waals surface area contributed by atoms with Gasteiger partial charge in [-0.2, -0.15) is 5.26 Å². The fraction of sp³-hybridized carbons (Fsp3) is 0.444. The molecule has 0 bridgehead atoms. The van der Waals surface area contributed by atoms with Crippen LogP contribution in [0.4, 0.5) is 0 Å². The molecule has 0 unspecified atom stereocenters. The van der Waals surface area contributed by atoms with Crippen LogP contribution in [-0.2, 0) is 24.3 Å². The second kappa shape index (κ2) is 7.98. The molecule has 2 aliphatic rings. The second-order valence-corrected chi connectivity index (χ2v) is 8.38. The van der Waals surface area contributed by atoms with Gasteiger partial charge in [0.25, 0.3) is 15.9 Å². The number of amidine groups is 1. The summed E-state index contributed by atoms with van der Waals surface area (Å²) in [5, 5.41) is 12.0. The highest BCUT2D eigenvalue weighted by Gasteiger charge is 2.34. The van der Waals surface area contributed by atoms with E-state index in [4.69, 9.17) is 4.74 Å². The van der Waals surface area contributed by atoms with Crippen LogP contribution in [0, 0.1) is 11.3 Å². The molecule has 1 saturated carbocycles. The average molecular weight is 404 g/mol. The Bertz CT molecular complexity index is 958. The predicted molar refractivity (Wildman–Crippen MR) is 98.7 cm³/mol. The lowest BCUT2D eigenvalue weighted by Crippen LogP contribution is -2.50. The minimum atomic E-state index is -3.68. The number of esters is 1. The van der Waals surface area contributed by atoms with E-state index >= 15 is 0 Å². The SMILES string of the molecule is N#CC1(NC(=O)COC(=O)CN=C2NS(=O)(=O)c3ccccc32)CCCCC1. The Hall–Kier alpha value is -2.93. The first-order chi connectivity index (χ1) is 13.4. The summed E-state index contributed by atoms with van der Waals surface area (Å²) in [5.41, 5.74) is -0.519. The number of nitriles is 1. The molecule has 3 rings (SSSR count). The third kappa shape index (κ3) is 4.31. The molecular weight excluding hydrogens is 384 g/mol. The van der Waals surface area contributed by atoms with E-state index in [9.17, 15) is 23.3 Å². The first kappa shape index (κ1) is 19.8. The molecule has 1 amide bonds. The molecule has 1 aliphatic carbocycles. The topological polar surface area (TPSA) is 138 Å². The number of amides is 1. The van der Waals surface area contributed by atoms with Gasteiger partial charge in [0.2, 0.25) is 0 Å². The number of aliphatic imine (C=N–C) groups is 1. The number of carbonyl (C=O) groups excluding carboxylic acids is 2. The van der Waals surface area contributed by atoms with Gasteiger partial charge in [0.1, 0.15) is 17.9 Å². The third-order valence-corrected chi connectivity index (χ3v) is 6.09. The fourth-order valence-electron chi connectivity index (χ4n) is 3.31. The Morgan fingerprint density at radius 1 is 1.25 bits per heavy atom. The standard InChI is InChI=1S/C18H20N4O5S/c19-12-18(8-4-1-5-9-18)21-15(23)11-27-16(24)10-20-17-13-6-2-3-7-14(13)28(25,26)22-17/h2-3,6-7H,1,4-5,8-11H2,(H,20,22)(H,21,23). The predicted octanol–water partition coefficient (Wildman–Crippen LogP) is 0.611. The number of nitrogens with one attached hydrogen (secondary N) is 2. The quantitative estimate of drug-likeness (QED) is 0.690. The lowest BCUT2D eigenvalue weighted by atomic mass is 9.83. The van der Waals surface area contributed by atoms with Gasteiger partial charge in [0.05, 0.1) is 11.0 Å². The van der Waals surface area contributed by atoms with Gasteiger partial charge in [-0.15, -0.1) is 0 Å². The maximum atomic E-state index is 12.0. The summed E-state index contributed by atoms with van der Waals surface area (Å²) in [6.07, 6.45) is 3.92. The number of nitrogens with zero attached hydrogens (tertiary/aromatic N) is 2. The van der Waals surface area contributed by atoms with Crippen LogP contribution < -0.4 is 10.0 Å². The summed E-state index contributed by atoms with van der Waals surface area (Å²) in [7, 11) is -3.68. The normalized spacial score (nSPS) is 20.5. The van der Waals surface area contributed by atoms with Crippen molar-refractivity contribution < 1.29 is 22.7 Å². The van der Waals surface area contributed by atoms with Crippen molar-refractivity contribution in [3.05, 3.63) is 29.8 Å². The number of sulfonamides is 1. The molecule has 1 aromatic rings. The van der Waals surface area contributed by atoms with Crippen LogP contribution in [-0.4, -0.2) is 44.8 Å². The van der Waals surface area contributed by atoms with Gasteiger partial charge in [0.15, 0.2) is 6.61 Å². The van der Waals surface area contributed by atoms with Crippen molar-refractivity contribution in [3.63, 3.8) is 0 Å². The fourth-order valence-corrected chi connectivity index (χ4v) is 4.56. The summed E-state index contributed by atoms with van der Waals surface area (Å²) in [5.74, 6) is -1.26. The van der Waals surface area contributed by atoms with Crippen molar-refractivity contribution >= 4 is 27.7 Å². The molecule has 1 heterocycles. The molecule has 0 spiro atoms. The Balaban J connectivity index is 1.53. The van der Waals surface area contributed by atoms with E-state index < -0.39 is 40.6 Å². The number of carbonyl (C=O) groups is 2. The molecule has 28 heavy (non-hydrogen) atoms. The molecule has 1 aliphatic heterocycles. The van der Waals surface area contributed by atoms with Crippen molar-refractivity contribution in [3.8, 4) is 6.07 Å². The summed E-state index contributed by atoms with van der Waals surface area (Å²) in [6, 6.07) is 8.43. The first-order valence-electron chi connectivity index (χ1n) is 8.90. The summed E-state index contributed by atoms with van der Waals surface area (Å²) in [4.78, 5) is 27.9. The number of hydrogen-bond donors (Lipinski definition) is 2. The van der Waals surface area contributed by atoms with Crippen molar-refractivity contribution in [2.75, 3.05) is 13.2 Å². The Labute approximate surface area is 162 Å². The van der Waals surface area contributed by atoms with E-state index in [2.05, 4.69) is 21.1 Å². The van der Waals surface area contributed by atoms with Crippen LogP contribution in [0.2, 0.25) is 0 Å². The zero-order valence-corrected chi connectivity index (χ0v) is 15.9. The zero-order chi connectivity index (χ0) is 20.2. The van der Waals surface area contributed by atoms with Gasteiger partial charge in [-0.1, -0.05) is 31.4 Å². The Kier molecular flexibility index (Phi) is 5.65. The first-order valence-corrected chi connectivity index (χ1v) is 10.4. The molecule has 0 saturated heterocycles. The second-order valence-electron chi connectivity index (χ2n) is 6.73. The molecule has 2 N–H and O–H groups in total. The molecule has 1 fully saturated rings. The van der Waals surface area contributed by atoms with Gasteiger partial charge in [-0.25, -0.2) is 8.42 Å². The average Bonchev–Trinajstić information content (AvgIpc) is 2.96. The van der Waals surface area contributed by atoms with Crippen LogP contribution in [0.3, 0.4) is 0 Å². The Morgan fingerprint density at radius 3 is 2.68 bits per heavy atom. The molecule has 148 valence electrons. The molecular formula is C18H20N4O5S. The van der Waals surface area contributed by atoms with E-state index in [0.29, 0.717) is 18.4 Å². The molecule has 0 atom stereocenters. The largest absolute Gasteiger partial charge is 0.454 e. The highest BCUT2D eigenvalue weighted by atomic mass is 32.2. The van der Waals surface area contributed by atoms with E-state index in [1.807, 2.05) is 0 Å². The lowest BCUT2D eigenvalue weighted by molar-refractivity contribution is -0.147. The number of fused-ring (bicyclic) bond motifs is 1. The molecule has 0 radical (unpaired) electrons. The molecule has 9 nitrogen and oxygen atoms in total. The van der Waals surface area contributed by atoms with Gasteiger partial charge in [-0.05, 0) is 25.0 Å². The highest BCUT2D eigenvalue weighted by Crippen LogP contribution is 2.27. The number of hydrogen-bond acceptors (Lipinski definition) is 7. The van der Waals surface area contributed by atoms with Crippen LogP contribution in [0.1, 0.15) is 37.7 Å².